The first kappa shape index (κ1) is 41.5. The molecule has 278 valence electrons. The first-order chi connectivity index (χ1) is 31.4. The maximum absolute atomic E-state index is 13.3. The van der Waals surface area contributed by atoms with E-state index in [0.29, 0.717) is 38.0 Å². The van der Waals surface area contributed by atoms with Crippen molar-refractivity contribution in [1.29, 1.82) is 0 Å². The van der Waals surface area contributed by atoms with E-state index in [9.17, 15) is 5.11 Å². The molecule has 0 unspecified atom stereocenters. The summed E-state index contributed by atoms with van der Waals surface area (Å²) < 4.78 is 0. The molecule has 1 heterocycles. The molecular weight excluding hydrogens is 795 g/mol. The van der Waals surface area contributed by atoms with Gasteiger partial charge < -0.3 is 10.0 Å². The van der Waals surface area contributed by atoms with Crippen molar-refractivity contribution < 1.29 is 5.11 Å². The largest absolute Gasteiger partial charge is 0.506 e. The van der Waals surface area contributed by atoms with Crippen LogP contribution in [0.4, 0.5) is 17.1 Å². The van der Waals surface area contributed by atoms with Gasteiger partial charge in [-0.1, -0.05) is 177 Å². The lowest BCUT2D eigenvalue weighted by Gasteiger charge is -2.41. The molecule has 2 nitrogen and oxygen atoms in total. The summed E-state index contributed by atoms with van der Waals surface area (Å²) in [6.07, 6.45) is 0. The van der Waals surface area contributed by atoms with E-state index in [1.807, 2.05) is 89.8 Å². The van der Waals surface area contributed by atoms with Gasteiger partial charge in [0.05, 0.1) is 22.0 Å². The summed E-state index contributed by atoms with van der Waals surface area (Å²) in [7, 11) is 68.9. The van der Waals surface area contributed by atoms with Gasteiger partial charge >= 0.3 is 0 Å². The summed E-state index contributed by atoms with van der Waals surface area (Å²) in [6.45, 7) is 0. The topological polar surface area (TPSA) is 23.5 Å². The predicted octanol–water partition coefficient (Wildman–Crippen LogP) is 2.88. The average molecular weight is 818 g/mol. The maximum Gasteiger partial charge on any atom is 0.138 e. The maximum atomic E-state index is 13.3. The molecule has 10 aromatic carbocycles. The summed E-state index contributed by atoms with van der Waals surface area (Å²) in [5.41, 5.74) is 5.60. The van der Waals surface area contributed by atoms with Gasteiger partial charge in [0.25, 0.3) is 0 Å². The standard InChI is InChI=1S/C52H23B10NOS/c53-38-35(39(54)44(59)45(60)43(38)58)36-40(55)46(61)48-51(42(36)57)65-52-49(63(48)32-22-24-14-4-5-15-25(24)26-16-6-9-19-29(26)32)47(62)41(56)37(50(52)64)34-31-21-11-8-18-28(31)27-17-7-10-20-30(27)33(34)23-12-2-1-3-13-23/h1-22,64H. The van der Waals surface area contributed by atoms with Crippen LogP contribution in [0.15, 0.2) is 143 Å². The number of phenolic OH excluding ortho intramolecular Hbond substituents is 1. The molecule has 0 saturated carbocycles. The molecule has 0 aromatic heterocycles. The Labute approximate surface area is 395 Å². The molecule has 0 bridgehead atoms. The molecule has 65 heavy (non-hydrogen) atoms. The number of nitrogens with zero attached hydrogens (tertiary/aromatic N) is 1. The number of anilines is 3. The first-order valence-corrected chi connectivity index (χ1v) is 21.6. The van der Waals surface area contributed by atoms with Crippen LogP contribution >= 0.6 is 11.8 Å². The number of hydrogen-bond donors (Lipinski definition) is 1. The van der Waals surface area contributed by atoms with E-state index in [1.165, 1.54) is 11.8 Å². The molecule has 0 spiro atoms. The summed E-state index contributed by atoms with van der Waals surface area (Å²) in [5.74, 6) is -0.119. The lowest BCUT2D eigenvalue weighted by Crippen LogP contribution is -2.56. The monoisotopic (exact) mass is 819 g/mol. The van der Waals surface area contributed by atoms with Crippen LogP contribution in [-0.2, 0) is 0 Å². The van der Waals surface area contributed by atoms with E-state index >= 15 is 0 Å². The van der Waals surface area contributed by atoms with Crippen molar-refractivity contribution >= 4 is 205 Å². The third-order valence-electron chi connectivity index (χ3n) is 12.9. The van der Waals surface area contributed by atoms with Crippen LogP contribution in [-0.4, -0.2) is 83.6 Å². The van der Waals surface area contributed by atoms with Gasteiger partial charge in [0.1, 0.15) is 84.2 Å². The molecule has 1 aliphatic heterocycles. The Morgan fingerprint density at radius 1 is 0.338 bits per heavy atom. The molecule has 1 N–H and O–H groups in total. The number of rotatable bonds is 4. The van der Waals surface area contributed by atoms with E-state index in [1.54, 1.807) is 0 Å². The molecule has 13 heteroatoms. The van der Waals surface area contributed by atoms with Gasteiger partial charge in [0, 0.05) is 21.4 Å². The van der Waals surface area contributed by atoms with Crippen LogP contribution < -0.4 is 59.5 Å². The summed E-state index contributed by atoms with van der Waals surface area (Å²) >= 11 is 1.18. The zero-order valence-corrected chi connectivity index (χ0v) is 35.6. The fraction of sp³-hybridized carbons (Fsp3) is 0. The second-order valence-corrected chi connectivity index (χ2v) is 17.3. The number of aromatic hydroxyl groups is 1. The minimum atomic E-state index is -0.119. The Balaban J connectivity index is 1.31. The fourth-order valence-corrected chi connectivity index (χ4v) is 11.0. The van der Waals surface area contributed by atoms with Crippen molar-refractivity contribution in [2.75, 3.05) is 4.90 Å². The van der Waals surface area contributed by atoms with Crippen LogP contribution in [0, 0.1) is 0 Å². The molecule has 0 fully saturated rings. The van der Waals surface area contributed by atoms with Crippen molar-refractivity contribution in [3.63, 3.8) is 0 Å². The van der Waals surface area contributed by atoms with Gasteiger partial charge in [-0.25, -0.2) is 0 Å². The Bertz CT molecular complexity index is 3700. The molecular formula is C52H23B10NOS. The van der Waals surface area contributed by atoms with Crippen molar-refractivity contribution in [1.82, 2.24) is 0 Å². The summed E-state index contributed by atoms with van der Waals surface area (Å²) in [5, 5.41) is 21.0. The average Bonchev–Trinajstić information content (AvgIpc) is 3.34. The van der Waals surface area contributed by atoms with Gasteiger partial charge in [0.2, 0.25) is 0 Å². The van der Waals surface area contributed by atoms with E-state index in [2.05, 4.69) is 48.5 Å². The molecule has 0 amide bonds. The number of fused-ring (bicyclic) bond motifs is 8. The minimum Gasteiger partial charge on any atom is -0.506 e. The Morgan fingerprint density at radius 3 is 1.35 bits per heavy atom. The third-order valence-corrected chi connectivity index (χ3v) is 14.1. The van der Waals surface area contributed by atoms with E-state index in [4.69, 9.17) is 78.5 Å². The molecule has 0 aliphatic carbocycles. The van der Waals surface area contributed by atoms with Crippen molar-refractivity contribution in [2.24, 2.45) is 0 Å². The first-order valence-electron chi connectivity index (χ1n) is 20.7. The molecule has 1 aliphatic rings. The normalized spacial score (nSPS) is 12.3. The number of hydrogen-bond acceptors (Lipinski definition) is 3. The highest BCUT2D eigenvalue weighted by Gasteiger charge is 2.37. The second kappa shape index (κ2) is 15.5. The number of benzene rings is 10. The van der Waals surface area contributed by atoms with Crippen LogP contribution in [0.5, 0.6) is 5.75 Å². The van der Waals surface area contributed by atoms with E-state index in [-0.39, 0.29) is 71.5 Å². The van der Waals surface area contributed by atoms with Crippen LogP contribution in [0.2, 0.25) is 0 Å². The van der Waals surface area contributed by atoms with Gasteiger partial charge in [-0.15, -0.1) is 16.4 Å². The Kier molecular flexibility index (Phi) is 9.90. The van der Waals surface area contributed by atoms with Gasteiger partial charge in [-0.3, -0.25) is 0 Å². The van der Waals surface area contributed by atoms with Gasteiger partial charge in [-0.2, -0.15) is 0 Å². The van der Waals surface area contributed by atoms with E-state index in [0.717, 1.165) is 54.2 Å². The summed E-state index contributed by atoms with van der Waals surface area (Å²) in [4.78, 5) is 2.71. The van der Waals surface area contributed by atoms with Gasteiger partial charge in [0.15, 0.2) is 0 Å². The van der Waals surface area contributed by atoms with Crippen LogP contribution in [0.25, 0.3) is 76.5 Å². The highest BCUT2D eigenvalue weighted by molar-refractivity contribution is 8.00. The SMILES string of the molecule is [B]c1c([B])c([B])c(-c2c([B])c([B])c3c(c2[B])Sc2c(O)c(-c4c(-c5ccccc5)c5ccccc5c5ccccc45)c([B])c([B])c2N3c2cc3ccccc3c3ccccc23)c([B])c1[B]. The third kappa shape index (κ3) is 5.97. The van der Waals surface area contributed by atoms with Crippen molar-refractivity contribution in [3.05, 3.63) is 133 Å². The van der Waals surface area contributed by atoms with E-state index < -0.39 is 0 Å². The quantitative estimate of drug-likeness (QED) is 0.219. The predicted molar refractivity (Wildman–Crippen MR) is 287 cm³/mol. The fourth-order valence-electron chi connectivity index (χ4n) is 9.77. The second-order valence-electron chi connectivity index (χ2n) is 16.3. The molecule has 0 saturated heterocycles. The molecule has 10 aromatic rings. The highest BCUT2D eigenvalue weighted by Crippen LogP contribution is 2.57. The van der Waals surface area contributed by atoms with Crippen LogP contribution in [0.3, 0.4) is 0 Å². The Hall–Kier alpha value is -6.16. The molecule has 20 radical (unpaired) electrons. The zero-order valence-electron chi connectivity index (χ0n) is 34.8. The number of phenols is 1. The van der Waals surface area contributed by atoms with Crippen LogP contribution in [0.1, 0.15) is 0 Å². The lowest BCUT2D eigenvalue weighted by molar-refractivity contribution is 0.465. The minimum absolute atomic E-state index is 0.0198. The lowest BCUT2D eigenvalue weighted by atomic mass is 9.57. The van der Waals surface area contributed by atoms with Crippen molar-refractivity contribution in [3.8, 4) is 39.1 Å². The zero-order chi connectivity index (χ0) is 45.2. The van der Waals surface area contributed by atoms with Crippen molar-refractivity contribution in [2.45, 2.75) is 9.79 Å². The molecule has 0 atom stereocenters. The molecule has 11 rings (SSSR count). The highest BCUT2D eigenvalue weighted by atomic mass is 32.2. The Morgan fingerprint density at radius 2 is 0.754 bits per heavy atom. The smallest absolute Gasteiger partial charge is 0.138 e. The summed E-state index contributed by atoms with van der Waals surface area (Å²) in [6, 6.07) is 44.6. The van der Waals surface area contributed by atoms with Gasteiger partial charge in [-0.05, 0) is 66.0 Å².